The summed E-state index contributed by atoms with van der Waals surface area (Å²) in [4.78, 5) is 11.5. The molecular weight excluding hydrogens is 323 g/mol. The molecule has 24 heavy (non-hydrogen) atoms. The van der Waals surface area contributed by atoms with Crippen LogP contribution in [0.5, 0.6) is 0 Å². The zero-order chi connectivity index (χ0) is 16.7. The first kappa shape index (κ1) is 15.6. The number of nitrogens with zero attached hydrogens (tertiary/aromatic N) is 6. The van der Waals surface area contributed by atoms with Gasteiger partial charge in [-0.05, 0) is 10.6 Å². The molecule has 1 saturated heterocycles. The Morgan fingerprint density at radius 2 is 2.08 bits per heavy atom. The van der Waals surface area contributed by atoms with Crippen LogP contribution < -0.4 is 9.46 Å². The second kappa shape index (κ2) is 6.18. The molecule has 0 saturated carbocycles. The van der Waals surface area contributed by atoms with Gasteiger partial charge in [-0.3, -0.25) is 0 Å². The van der Waals surface area contributed by atoms with Crippen molar-refractivity contribution in [3.8, 4) is 5.82 Å². The van der Waals surface area contributed by atoms with Crippen molar-refractivity contribution in [2.24, 2.45) is 7.05 Å². The molecule has 3 aromatic heterocycles. The predicted molar refractivity (Wildman–Crippen MR) is 90.0 cm³/mol. The van der Waals surface area contributed by atoms with Crippen molar-refractivity contribution in [2.45, 2.75) is 6.61 Å². The molecule has 0 atom stereocenters. The first-order chi connectivity index (χ1) is 11.7. The fourth-order valence-corrected chi connectivity index (χ4v) is 3.15. The number of rotatable bonds is 3. The van der Waals surface area contributed by atoms with E-state index in [1.165, 1.54) is 0 Å². The van der Waals surface area contributed by atoms with Crippen LogP contribution in [0.1, 0.15) is 5.82 Å². The summed E-state index contributed by atoms with van der Waals surface area (Å²) in [5.41, 5.74) is 2.53. The highest BCUT2D eigenvalue weighted by Crippen LogP contribution is 2.28. The number of aliphatic hydroxyl groups excluding tert-OH is 1. The van der Waals surface area contributed by atoms with Crippen molar-refractivity contribution < 1.29 is 9.84 Å². The largest absolute Gasteiger partial charge is 0.388 e. The van der Waals surface area contributed by atoms with Crippen molar-refractivity contribution in [2.75, 3.05) is 31.2 Å². The van der Waals surface area contributed by atoms with Crippen LogP contribution in [0.2, 0.25) is 0 Å². The topological polar surface area (TPSA) is 81.2 Å². The van der Waals surface area contributed by atoms with E-state index in [4.69, 9.17) is 9.72 Å². The normalized spacial score (nSPS) is 15.3. The summed E-state index contributed by atoms with van der Waals surface area (Å²) >= 11 is 2.58. The molecule has 122 valence electrons. The van der Waals surface area contributed by atoms with Crippen molar-refractivity contribution in [1.82, 2.24) is 24.3 Å². The van der Waals surface area contributed by atoms with Gasteiger partial charge in [0.15, 0.2) is 11.5 Å². The zero-order valence-corrected chi connectivity index (χ0v) is 14.5. The van der Waals surface area contributed by atoms with Gasteiger partial charge in [0.1, 0.15) is 17.9 Å². The lowest BCUT2D eigenvalue weighted by Crippen LogP contribution is -2.36. The number of anilines is 1. The Hall–Kier alpha value is -1.92. The monoisotopic (exact) mass is 340 g/mol. The van der Waals surface area contributed by atoms with Gasteiger partial charge >= 0.3 is 0 Å². The molecule has 0 unspecified atom stereocenters. The molecule has 4 rings (SSSR count). The Balaban J connectivity index is 1.93. The summed E-state index contributed by atoms with van der Waals surface area (Å²) in [6, 6.07) is 3.91. The number of hydrogen-bond acceptors (Lipinski definition) is 6. The van der Waals surface area contributed by atoms with Crippen molar-refractivity contribution in [3.63, 3.8) is 0 Å². The van der Waals surface area contributed by atoms with Gasteiger partial charge in [-0.2, -0.15) is 5.10 Å². The van der Waals surface area contributed by atoms with Crippen molar-refractivity contribution in [1.29, 1.82) is 0 Å². The van der Waals surface area contributed by atoms with Gasteiger partial charge in [0, 0.05) is 32.4 Å². The third-order valence-corrected chi connectivity index (χ3v) is 4.53. The molecule has 1 aliphatic heterocycles. The minimum absolute atomic E-state index is 0.123. The molecule has 0 spiro atoms. The first-order valence-corrected chi connectivity index (χ1v) is 8.36. The maximum absolute atomic E-state index is 9.55. The number of morpholine rings is 1. The number of imidazole rings is 1. The molecule has 1 N–H and O–H groups in total. The summed E-state index contributed by atoms with van der Waals surface area (Å²) in [5, 5.41) is 14.0. The highest BCUT2D eigenvalue weighted by molar-refractivity contribution is 6.30. The maximum atomic E-state index is 9.55. The fourth-order valence-electron chi connectivity index (χ4n) is 2.94. The standard InChI is InChI=1S/C15H17N6O2.Al/c1-19-13(10-22)17-14-11(20-5-7-23-8-6-20)9-12(18-15(14)19)21-4-2-3-16-21;/h2,4,9,22H,5-8,10H2,1H3;. The van der Waals surface area contributed by atoms with E-state index < -0.39 is 0 Å². The fraction of sp³-hybridized carbons (Fsp3) is 0.400. The molecule has 1 aliphatic rings. The number of hydrogen-bond donors (Lipinski definition) is 1. The van der Waals surface area contributed by atoms with Crippen LogP contribution in [0.4, 0.5) is 5.69 Å². The number of aliphatic hydroxyl groups is 1. The lowest BCUT2D eigenvalue weighted by Gasteiger charge is -2.29. The molecule has 0 aromatic carbocycles. The van der Waals surface area contributed by atoms with E-state index in [0.717, 1.165) is 40.3 Å². The Kier molecular flexibility index (Phi) is 4.02. The molecule has 2 radical (unpaired) electrons. The SMILES string of the molecule is Cn1c(CO)nc2c(N3CCOCC3)cc(-n3cc[c]([Al])n3)nc21. The smallest absolute Gasteiger partial charge is 0.212 e. The van der Waals surface area contributed by atoms with Crippen LogP contribution in [0, 0.1) is 0 Å². The molecule has 0 bridgehead atoms. The van der Waals surface area contributed by atoms with E-state index in [1.807, 2.05) is 29.9 Å². The van der Waals surface area contributed by atoms with Crippen LogP contribution in [0.15, 0.2) is 18.3 Å². The second-order valence-electron chi connectivity index (χ2n) is 5.70. The van der Waals surface area contributed by atoms with E-state index >= 15 is 0 Å². The maximum Gasteiger partial charge on any atom is 0.212 e. The summed E-state index contributed by atoms with van der Waals surface area (Å²) in [7, 11) is 1.87. The van der Waals surface area contributed by atoms with Crippen LogP contribution in [-0.4, -0.2) is 72.0 Å². The zero-order valence-electron chi connectivity index (χ0n) is 13.4. The van der Waals surface area contributed by atoms with Gasteiger partial charge in [-0.15, -0.1) is 0 Å². The number of aryl methyl sites for hydroxylation is 1. The highest BCUT2D eigenvalue weighted by Gasteiger charge is 2.20. The lowest BCUT2D eigenvalue weighted by atomic mass is 10.2. The summed E-state index contributed by atoms with van der Waals surface area (Å²) in [6.07, 6.45) is 1.88. The molecule has 8 nitrogen and oxygen atoms in total. The van der Waals surface area contributed by atoms with Crippen LogP contribution >= 0.6 is 0 Å². The third kappa shape index (κ3) is 2.60. The second-order valence-corrected chi connectivity index (χ2v) is 6.29. The van der Waals surface area contributed by atoms with E-state index in [1.54, 1.807) is 4.68 Å². The quantitative estimate of drug-likeness (QED) is 0.634. The molecule has 4 heterocycles. The Morgan fingerprint density at radius 1 is 1.29 bits per heavy atom. The number of ether oxygens (including phenoxy) is 1. The molecule has 3 aromatic rings. The average Bonchev–Trinajstić information content (AvgIpc) is 3.18. The van der Waals surface area contributed by atoms with E-state index in [2.05, 4.69) is 31.3 Å². The summed E-state index contributed by atoms with van der Waals surface area (Å²) in [6.45, 7) is 2.87. The number of aromatic nitrogens is 5. The van der Waals surface area contributed by atoms with E-state index in [0.29, 0.717) is 19.0 Å². The molecule has 0 amide bonds. The van der Waals surface area contributed by atoms with Crippen LogP contribution in [0.25, 0.3) is 17.0 Å². The molecule has 9 heteroatoms. The van der Waals surface area contributed by atoms with Gasteiger partial charge in [0.25, 0.3) is 0 Å². The third-order valence-electron chi connectivity index (χ3n) is 4.22. The van der Waals surface area contributed by atoms with Gasteiger partial charge < -0.3 is 19.3 Å². The molecular formula is C15H17AlN6O2. The molecule has 0 aliphatic carbocycles. The molecule has 1 fully saturated rings. The summed E-state index contributed by atoms with van der Waals surface area (Å²) < 4.78 is 9.89. The van der Waals surface area contributed by atoms with E-state index in [9.17, 15) is 5.11 Å². The van der Waals surface area contributed by atoms with Crippen molar-refractivity contribution >= 4 is 37.7 Å². The Labute approximate surface area is 147 Å². The van der Waals surface area contributed by atoms with Gasteiger partial charge in [0.2, 0.25) is 16.3 Å². The van der Waals surface area contributed by atoms with Gasteiger partial charge in [-0.1, -0.05) is 0 Å². The number of fused-ring (bicyclic) bond motifs is 1. The minimum Gasteiger partial charge on any atom is -0.388 e. The highest BCUT2D eigenvalue weighted by atomic mass is 27.0. The van der Waals surface area contributed by atoms with Gasteiger partial charge in [0.05, 0.1) is 18.9 Å². The average molecular weight is 340 g/mol. The minimum atomic E-state index is -0.123. The van der Waals surface area contributed by atoms with Crippen molar-refractivity contribution in [3.05, 3.63) is 24.2 Å². The van der Waals surface area contributed by atoms with Crippen LogP contribution in [-0.2, 0) is 18.4 Å². The van der Waals surface area contributed by atoms with E-state index in [-0.39, 0.29) is 6.61 Å². The first-order valence-electron chi connectivity index (χ1n) is 7.79. The lowest BCUT2D eigenvalue weighted by molar-refractivity contribution is 0.123. The Bertz CT molecular complexity index is 884. The Morgan fingerprint density at radius 3 is 2.75 bits per heavy atom. The van der Waals surface area contributed by atoms with Gasteiger partial charge in [-0.25, -0.2) is 14.6 Å². The summed E-state index contributed by atoms with van der Waals surface area (Å²) in [5.74, 6) is 1.32. The van der Waals surface area contributed by atoms with Crippen LogP contribution in [0.3, 0.4) is 0 Å². The number of pyridine rings is 1. The predicted octanol–water partition coefficient (Wildman–Crippen LogP) is -0.723.